The zero-order chi connectivity index (χ0) is 16.8. The fourth-order valence-electron chi connectivity index (χ4n) is 3.63. The van der Waals surface area contributed by atoms with Gasteiger partial charge in [0.25, 0.3) is 0 Å². The normalized spacial score (nSPS) is 21.1. The highest BCUT2D eigenvalue weighted by atomic mass is 16.3. The van der Waals surface area contributed by atoms with E-state index in [1.54, 1.807) is 0 Å². The van der Waals surface area contributed by atoms with Gasteiger partial charge in [0.1, 0.15) is 0 Å². The molecular weight excluding hydrogens is 288 g/mol. The van der Waals surface area contributed by atoms with E-state index in [4.69, 9.17) is 0 Å². The molecule has 1 amide bonds. The van der Waals surface area contributed by atoms with Crippen molar-refractivity contribution in [1.82, 2.24) is 9.80 Å². The number of carbonyl (C=O) groups excluding carboxylic acids is 1. The lowest BCUT2D eigenvalue weighted by molar-refractivity contribution is -0.136. The number of carbonyl (C=O) groups is 1. The predicted molar refractivity (Wildman–Crippen MR) is 93.1 cm³/mol. The molecule has 128 valence electrons. The predicted octanol–water partition coefficient (Wildman–Crippen LogP) is 2.83. The Hall–Kier alpha value is -1.39. The van der Waals surface area contributed by atoms with Crippen molar-refractivity contribution in [1.29, 1.82) is 0 Å². The minimum absolute atomic E-state index is 0.106. The molecule has 23 heavy (non-hydrogen) atoms. The van der Waals surface area contributed by atoms with Crippen LogP contribution < -0.4 is 0 Å². The lowest BCUT2D eigenvalue weighted by Gasteiger charge is -2.34. The van der Waals surface area contributed by atoms with Gasteiger partial charge in [-0.2, -0.15) is 0 Å². The first-order valence-electron chi connectivity index (χ1n) is 8.86. The monoisotopic (exact) mass is 318 g/mol. The molecule has 3 atom stereocenters. The maximum atomic E-state index is 12.6. The zero-order valence-electron chi connectivity index (χ0n) is 14.6. The van der Waals surface area contributed by atoms with Crippen molar-refractivity contribution in [3.05, 3.63) is 35.9 Å². The second-order valence-electron chi connectivity index (χ2n) is 6.38. The topological polar surface area (TPSA) is 43.8 Å². The number of hydrogen-bond acceptors (Lipinski definition) is 3. The smallest absolute Gasteiger partial charge is 0.239 e. The highest BCUT2D eigenvalue weighted by Crippen LogP contribution is 2.29. The summed E-state index contributed by atoms with van der Waals surface area (Å²) in [6, 6.07) is 9.98. The molecule has 1 aromatic rings. The summed E-state index contributed by atoms with van der Waals surface area (Å²) in [6.45, 7) is 8.51. The third-order valence-corrected chi connectivity index (χ3v) is 5.03. The summed E-state index contributed by atoms with van der Waals surface area (Å²) in [5.41, 5.74) is 0.960. The Morgan fingerprint density at radius 1 is 1.30 bits per heavy atom. The van der Waals surface area contributed by atoms with E-state index >= 15 is 0 Å². The second kappa shape index (κ2) is 8.46. The van der Waals surface area contributed by atoms with Crippen molar-refractivity contribution in [2.24, 2.45) is 0 Å². The van der Waals surface area contributed by atoms with Gasteiger partial charge >= 0.3 is 0 Å². The number of nitrogens with zero attached hydrogens (tertiary/aromatic N) is 2. The standard InChI is InChI=1S/C19H30N2O2/c1-4-20(5-2)19(23)15(3)21-13-9-12-17(21)14-18(22)16-10-7-6-8-11-16/h6-8,10-11,15,17-18,22H,4-5,9,12-14H2,1-3H3. The summed E-state index contributed by atoms with van der Waals surface area (Å²) in [6.07, 6.45) is 2.39. The highest BCUT2D eigenvalue weighted by molar-refractivity contribution is 5.81. The SMILES string of the molecule is CCN(CC)C(=O)C(C)N1CCCC1CC(O)c1ccccc1. The Balaban J connectivity index is 2.01. The molecule has 1 fully saturated rings. The van der Waals surface area contributed by atoms with Crippen LogP contribution in [0.1, 0.15) is 51.7 Å². The third kappa shape index (κ3) is 4.33. The molecule has 0 aromatic heterocycles. The number of likely N-dealkylation sites (N-methyl/N-ethyl adjacent to an activating group) is 1. The molecule has 1 saturated heterocycles. The molecule has 0 radical (unpaired) electrons. The largest absolute Gasteiger partial charge is 0.388 e. The summed E-state index contributed by atoms with van der Waals surface area (Å²) in [5.74, 6) is 0.205. The molecule has 1 heterocycles. The molecule has 0 aliphatic carbocycles. The van der Waals surface area contributed by atoms with Crippen LogP contribution in [0.4, 0.5) is 0 Å². The average Bonchev–Trinajstić information content (AvgIpc) is 3.04. The van der Waals surface area contributed by atoms with Crippen LogP contribution in [-0.2, 0) is 4.79 Å². The number of likely N-dealkylation sites (tertiary alicyclic amines) is 1. The van der Waals surface area contributed by atoms with E-state index in [1.165, 1.54) is 0 Å². The van der Waals surface area contributed by atoms with Gasteiger partial charge in [-0.25, -0.2) is 0 Å². The molecule has 0 spiro atoms. The van der Waals surface area contributed by atoms with Crippen molar-refractivity contribution >= 4 is 5.91 Å². The molecule has 4 nitrogen and oxygen atoms in total. The van der Waals surface area contributed by atoms with Gasteiger partial charge in [-0.15, -0.1) is 0 Å². The van der Waals surface area contributed by atoms with Gasteiger partial charge < -0.3 is 10.0 Å². The molecule has 0 bridgehead atoms. The van der Waals surface area contributed by atoms with Crippen LogP contribution in [0.25, 0.3) is 0 Å². The van der Waals surface area contributed by atoms with Crippen molar-refractivity contribution in [2.75, 3.05) is 19.6 Å². The fourth-order valence-corrected chi connectivity index (χ4v) is 3.63. The Labute approximate surface area is 140 Å². The molecule has 0 saturated carbocycles. The van der Waals surface area contributed by atoms with Crippen LogP contribution in [0.5, 0.6) is 0 Å². The van der Waals surface area contributed by atoms with Gasteiger partial charge in [-0.3, -0.25) is 9.69 Å². The molecule has 1 N–H and O–H groups in total. The maximum absolute atomic E-state index is 12.6. The molecular formula is C19H30N2O2. The van der Waals surface area contributed by atoms with Crippen LogP contribution in [0.2, 0.25) is 0 Å². The Bertz CT molecular complexity index is 487. The van der Waals surface area contributed by atoms with E-state index in [1.807, 2.05) is 56.0 Å². The first kappa shape index (κ1) is 18.0. The average molecular weight is 318 g/mol. The summed E-state index contributed by atoms with van der Waals surface area (Å²) in [5, 5.41) is 10.5. The summed E-state index contributed by atoms with van der Waals surface area (Å²) < 4.78 is 0. The maximum Gasteiger partial charge on any atom is 0.239 e. The highest BCUT2D eigenvalue weighted by Gasteiger charge is 2.34. The Morgan fingerprint density at radius 2 is 1.96 bits per heavy atom. The van der Waals surface area contributed by atoms with Crippen LogP contribution in [0, 0.1) is 0 Å². The van der Waals surface area contributed by atoms with Crippen molar-refractivity contribution < 1.29 is 9.90 Å². The number of rotatable bonds is 7. The van der Waals surface area contributed by atoms with Crippen molar-refractivity contribution in [2.45, 2.75) is 58.2 Å². The summed E-state index contributed by atoms with van der Waals surface area (Å²) in [4.78, 5) is 16.8. The van der Waals surface area contributed by atoms with Gasteiger partial charge in [0.05, 0.1) is 12.1 Å². The quantitative estimate of drug-likeness (QED) is 0.841. The van der Waals surface area contributed by atoms with Gasteiger partial charge in [0, 0.05) is 19.1 Å². The van der Waals surface area contributed by atoms with Crippen molar-refractivity contribution in [3.8, 4) is 0 Å². The number of aliphatic hydroxyl groups excluding tert-OH is 1. The lowest BCUT2D eigenvalue weighted by atomic mass is 10.00. The number of hydrogen-bond donors (Lipinski definition) is 1. The summed E-state index contributed by atoms with van der Waals surface area (Å²) in [7, 11) is 0. The number of aliphatic hydroxyl groups is 1. The molecule has 1 aliphatic heterocycles. The van der Waals surface area contributed by atoms with E-state index in [0.717, 1.165) is 38.0 Å². The zero-order valence-corrected chi connectivity index (χ0v) is 14.6. The minimum Gasteiger partial charge on any atom is -0.388 e. The van der Waals surface area contributed by atoms with E-state index in [0.29, 0.717) is 6.42 Å². The molecule has 4 heteroatoms. The Kier molecular flexibility index (Phi) is 6.60. The third-order valence-electron chi connectivity index (χ3n) is 5.03. The molecule has 1 aromatic carbocycles. The van der Waals surface area contributed by atoms with Crippen molar-refractivity contribution in [3.63, 3.8) is 0 Å². The van der Waals surface area contributed by atoms with E-state index in [-0.39, 0.29) is 18.0 Å². The first-order valence-corrected chi connectivity index (χ1v) is 8.86. The van der Waals surface area contributed by atoms with E-state index < -0.39 is 6.10 Å². The molecule has 3 unspecified atom stereocenters. The fraction of sp³-hybridized carbons (Fsp3) is 0.632. The van der Waals surface area contributed by atoms with Gasteiger partial charge in [-0.05, 0) is 52.1 Å². The van der Waals surface area contributed by atoms with Crippen LogP contribution in [0.15, 0.2) is 30.3 Å². The number of benzene rings is 1. The van der Waals surface area contributed by atoms with E-state index in [9.17, 15) is 9.90 Å². The second-order valence-corrected chi connectivity index (χ2v) is 6.38. The minimum atomic E-state index is -0.461. The molecule has 1 aliphatic rings. The van der Waals surface area contributed by atoms with Crippen LogP contribution in [0.3, 0.4) is 0 Å². The lowest BCUT2D eigenvalue weighted by Crippen LogP contribution is -2.49. The number of amides is 1. The van der Waals surface area contributed by atoms with Crippen LogP contribution in [-0.4, -0.2) is 52.5 Å². The van der Waals surface area contributed by atoms with Gasteiger partial charge in [0.2, 0.25) is 5.91 Å². The van der Waals surface area contributed by atoms with Gasteiger partial charge in [0.15, 0.2) is 0 Å². The van der Waals surface area contributed by atoms with Crippen LogP contribution >= 0.6 is 0 Å². The Morgan fingerprint density at radius 3 is 2.57 bits per heavy atom. The van der Waals surface area contributed by atoms with Gasteiger partial charge in [-0.1, -0.05) is 30.3 Å². The van der Waals surface area contributed by atoms with E-state index in [2.05, 4.69) is 4.90 Å². The first-order chi connectivity index (χ1) is 11.1. The molecule has 2 rings (SSSR count). The summed E-state index contributed by atoms with van der Waals surface area (Å²) >= 11 is 0.